The van der Waals surface area contributed by atoms with Crippen molar-refractivity contribution in [3.05, 3.63) is 12.0 Å². The van der Waals surface area contributed by atoms with Gasteiger partial charge in [-0.2, -0.15) is 0 Å². The first kappa shape index (κ1) is 9.56. The van der Waals surface area contributed by atoms with Crippen LogP contribution < -0.4 is 5.73 Å². The van der Waals surface area contributed by atoms with Gasteiger partial charge in [0.25, 0.3) is 0 Å². The maximum Gasteiger partial charge on any atom is 0.185 e. The van der Waals surface area contributed by atoms with E-state index >= 15 is 0 Å². The van der Waals surface area contributed by atoms with Crippen LogP contribution in [0.15, 0.2) is 12.0 Å². The molecule has 0 spiro atoms. The quantitative estimate of drug-likeness (QED) is 0.501. The molecule has 78 valence electrons. The summed E-state index contributed by atoms with van der Waals surface area (Å²) in [5, 5.41) is 6.85. The Morgan fingerprint density at radius 2 is 1.93 bits per heavy atom. The summed E-state index contributed by atoms with van der Waals surface area (Å²) in [5.74, 6) is 2.91. The molecular formula is C11H18N2O. The van der Waals surface area contributed by atoms with Gasteiger partial charge in [0.2, 0.25) is 0 Å². The van der Waals surface area contributed by atoms with E-state index in [4.69, 9.17) is 15.9 Å². The van der Waals surface area contributed by atoms with Gasteiger partial charge < -0.3 is 15.9 Å². The van der Waals surface area contributed by atoms with E-state index in [-0.39, 0.29) is 0 Å². The molecule has 0 aliphatic heterocycles. The Kier molecular flexibility index (Phi) is 2.75. The molecule has 0 aromatic rings. The van der Waals surface area contributed by atoms with Crippen molar-refractivity contribution < 1.29 is 4.74 Å². The second-order valence-corrected chi connectivity index (χ2v) is 4.39. The highest BCUT2D eigenvalue weighted by Crippen LogP contribution is 2.49. The summed E-state index contributed by atoms with van der Waals surface area (Å²) in [6.07, 6.45) is 8.16. The lowest BCUT2D eigenvalue weighted by molar-refractivity contribution is 0.140. The van der Waals surface area contributed by atoms with Crippen LogP contribution >= 0.6 is 0 Å². The molecule has 0 radical (unpaired) electrons. The van der Waals surface area contributed by atoms with E-state index in [0.29, 0.717) is 5.88 Å². The number of rotatable bonds is 6. The maximum atomic E-state index is 6.85. The summed E-state index contributed by atoms with van der Waals surface area (Å²) < 4.78 is 5.43. The molecule has 2 saturated carbocycles. The predicted molar refractivity (Wildman–Crippen MR) is 55.9 cm³/mol. The molecule has 2 fully saturated rings. The minimum absolute atomic E-state index is 0.381. The van der Waals surface area contributed by atoms with Crippen molar-refractivity contribution in [2.75, 3.05) is 6.61 Å². The molecule has 0 aromatic carbocycles. The second-order valence-electron chi connectivity index (χ2n) is 4.39. The minimum atomic E-state index is 0.381. The summed E-state index contributed by atoms with van der Waals surface area (Å²) in [6, 6.07) is 0. The van der Waals surface area contributed by atoms with Crippen molar-refractivity contribution in [1.82, 2.24) is 0 Å². The second kappa shape index (κ2) is 4.03. The van der Waals surface area contributed by atoms with Crippen LogP contribution in [-0.2, 0) is 4.74 Å². The Bertz CT molecular complexity index is 230. The topological polar surface area (TPSA) is 59.1 Å². The van der Waals surface area contributed by atoms with Crippen molar-refractivity contribution in [2.24, 2.45) is 23.5 Å². The first-order valence-corrected chi connectivity index (χ1v) is 5.40. The fourth-order valence-corrected chi connectivity index (χ4v) is 2.03. The minimum Gasteiger partial charge on any atom is -0.479 e. The number of nitrogens with one attached hydrogen (secondary N) is 1. The van der Waals surface area contributed by atoms with E-state index in [1.54, 1.807) is 0 Å². The zero-order valence-electron chi connectivity index (χ0n) is 8.41. The first-order valence-electron chi connectivity index (χ1n) is 5.40. The van der Waals surface area contributed by atoms with E-state index in [0.717, 1.165) is 24.4 Å². The largest absolute Gasteiger partial charge is 0.479 e. The monoisotopic (exact) mass is 194 g/mol. The molecule has 2 aliphatic rings. The average Bonchev–Trinajstić information content (AvgIpc) is 3.01. The van der Waals surface area contributed by atoms with Gasteiger partial charge in [-0.15, -0.1) is 0 Å². The van der Waals surface area contributed by atoms with Gasteiger partial charge in [0.1, 0.15) is 0 Å². The van der Waals surface area contributed by atoms with Gasteiger partial charge in [-0.3, -0.25) is 0 Å². The van der Waals surface area contributed by atoms with Crippen LogP contribution in [0.4, 0.5) is 0 Å². The highest BCUT2D eigenvalue weighted by molar-refractivity contribution is 5.68. The Balaban J connectivity index is 1.76. The van der Waals surface area contributed by atoms with Crippen LogP contribution in [0.5, 0.6) is 0 Å². The molecule has 0 bridgehead atoms. The number of hydrogen-bond donors (Lipinski definition) is 2. The summed E-state index contributed by atoms with van der Waals surface area (Å²) in [6.45, 7) is 0.755. The van der Waals surface area contributed by atoms with Crippen molar-refractivity contribution in [2.45, 2.75) is 25.7 Å². The highest BCUT2D eigenvalue weighted by Gasteiger charge is 2.41. The summed E-state index contributed by atoms with van der Waals surface area (Å²) >= 11 is 0. The third-order valence-corrected chi connectivity index (χ3v) is 3.15. The van der Waals surface area contributed by atoms with Gasteiger partial charge in [0, 0.05) is 12.3 Å². The number of ether oxygens (including phenoxy) is 1. The number of allylic oxidation sites excluding steroid dienone is 1. The Hall–Kier alpha value is -0.990. The molecule has 3 N–H and O–H groups in total. The van der Waals surface area contributed by atoms with Crippen molar-refractivity contribution in [3.63, 3.8) is 0 Å². The molecule has 0 unspecified atom stereocenters. The Morgan fingerprint density at radius 1 is 1.36 bits per heavy atom. The van der Waals surface area contributed by atoms with Crippen LogP contribution in [0, 0.1) is 23.2 Å². The van der Waals surface area contributed by atoms with Crippen LogP contribution in [0.3, 0.4) is 0 Å². The lowest BCUT2D eigenvalue weighted by atomic mass is 9.99. The number of hydrogen-bond acceptors (Lipinski definition) is 3. The summed E-state index contributed by atoms with van der Waals surface area (Å²) in [5.41, 5.74) is 5.56. The van der Waals surface area contributed by atoms with Crippen molar-refractivity contribution >= 4 is 6.21 Å². The third-order valence-electron chi connectivity index (χ3n) is 3.15. The highest BCUT2D eigenvalue weighted by atomic mass is 16.5. The average molecular weight is 194 g/mol. The standard InChI is InChI=1S/C11H18N2O/c12-6-5-11(13)14-7-10(8-1-2-8)9-3-4-9/h5-6,8-10,12H,1-4,7,13H2. The lowest BCUT2D eigenvalue weighted by Crippen LogP contribution is -2.16. The van der Waals surface area contributed by atoms with Crippen LogP contribution in [0.2, 0.25) is 0 Å². The molecule has 14 heavy (non-hydrogen) atoms. The molecule has 2 aliphatic carbocycles. The molecule has 3 nitrogen and oxygen atoms in total. The molecule has 0 amide bonds. The van der Waals surface area contributed by atoms with Crippen LogP contribution in [0.25, 0.3) is 0 Å². The molecule has 0 heterocycles. The predicted octanol–water partition coefficient (Wildman–Crippen LogP) is 1.89. The van der Waals surface area contributed by atoms with E-state index in [2.05, 4.69) is 0 Å². The van der Waals surface area contributed by atoms with Gasteiger partial charge >= 0.3 is 0 Å². The Morgan fingerprint density at radius 3 is 2.36 bits per heavy atom. The fraction of sp³-hybridized carbons (Fsp3) is 0.727. The number of nitrogens with two attached hydrogens (primary N) is 1. The lowest BCUT2D eigenvalue weighted by Gasteiger charge is -2.15. The smallest absolute Gasteiger partial charge is 0.185 e. The van der Waals surface area contributed by atoms with Gasteiger partial charge in [0.15, 0.2) is 5.88 Å². The van der Waals surface area contributed by atoms with Crippen molar-refractivity contribution in [1.29, 1.82) is 5.41 Å². The maximum absolute atomic E-state index is 6.85. The van der Waals surface area contributed by atoms with Gasteiger partial charge in [-0.25, -0.2) is 0 Å². The first-order chi connectivity index (χ1) is 6.81. The SMILES string of the molecule is N=CC=C(N)OCC(C1CC1)C1CC1. The van der Waals surface area contributed by atoms with Crippen molar-refractivity contribution in [3.8, 4) is 0 Å². The van der Waals surface area contributed by atoms with E-state index < -0.39 is 0 Å². The molecular weight excluding hydrogens is 176 g/mol. The van der Waals surface area contributed by atoms with Gasteiger partial charge in [-0.1, -0.05) is 0 Å². The van der Waals surface area contributed by atoms with E-state index in [1.807, 2.05) is 0 Å². The fourth-order valence-electron chi connectivity index (χ4n) is 2.03. The molecule has 0 saturated heterocycles. The van der Waals surface area contributed by atoms with Gasteiger partial charge in [-0.05, 0) is 43.4 Å². The van der Waals surface area contributed by atoms with Crippen LogP contribution in [-0.4, -0.2) is 12.8 Å². The molecule has 0 aromatic heterocycles. The third kappa shape index (κ3) is 2.50. The zero-order chi connectivity index (χ0) is 9.97. The summed E-state index contributed by atoms with van der Waals surface area (Å²) in [4.78, 5) is 0. The summed E-state index contributed by atoms with van der Waals surface area (Å²) in [7, 11) is 0. The Labute approximate surface area is 84.8 Å². The van der Waals surface area contributed by atoms with E-state index in [9.17, 15) is 0 Å². The molecule has 0 atom stereocenters. The molecule has 3 heteroatoms. The zero-order valence-corrected chi connectivity index (χ0v) is 8.41. The normalized spacial score (nSPS) is 22.5. The van der Waals surface area contributed by atoms with Crippen LogP contribution in [0.1, 0.15) is 25.7 Å². The molecule has 2 rings (SSSR count). The van der Waals surface area contributed by atoms with E-state index in [1.165, 1.54) is 38.0 Å². The van der Waals surface area contributed by atoms with Gasteiger partial charge in [0.05, 0.1) is 6.61 Å².